The summed E-state index contributed by atoms with van der Waals surface area (Å²) in [5.74, 6) is 1.65. The summed E-state index contributed by atoms with van der Waals surface area (Å²) >= 11 is 0. The summed E-state index contributed by atoms with van der Waals surface area (Å²) < 4.78 is 36.0. The first kappa shape index (κ1) is 22.9. The van der Waals surface area contributed by atoms with Gasteiger partial charge in [0.2, 0.25) is 0 Å². The Morgan fingerprint density at radius 2 is 1.41 bits per heavy atom. The van der Waals surface area contributed by atoms with Crippen molar-refractivity contribution < 1.29 is 28.4 Å². The topological polar surface area (TPSA) is 55.4 Å². The molecule has 0 N–H and O–H groups in total. The summed E-state index contributed by atoms with van der Waals surface area (Å²) in [6, 6.07) is 26.0. The van der Waals surface area contributed by atoms with Gasteiger partial charge in [-0.05, 0) is 41.0 Å². The average molecular weight is 463 g/mol. The predicted octanol–water partition coefficient (Wildman–Crippen LogP) is 4.71. The quantitative estimate of drug-likeness (QED) is 0.435. The molecule has 4 atom stereocenters. The lowest BCUT2D eigenvalue weighted by atomic mass is 9.97. The van der Waals surface area contributed by atoms with Gasteiger partial charge >= 0.3 is 0 Å². The van der Waals surface area contributed by atoms with E-state index in [0.29, 0.717) is 26.4 Å². The van der Waals surface area contributed by atoms with Crippen LogP contribution in [0.5, 0.6) is 11.5 Å². The molecule has 3 aromatic carbocycles. The van der Waals surface area contributed by atoms with E-state index in [1.807, 2.05) is 66.7 Å². The van der Waals surface area contributed by atoms with Crippen LogP contribution in [0.1, 0.15) is 22.8 Å². The second-order valence-electron chi connectivity index (χ2n) is 8.71. The molecule has 0 spiro atoms. The number of ether oxygens (including phenoxy) is 6. The van der Waals surface area contributed by atoms with E-state index in [2.05, 4.69) is 12.1 Å². The Labute approximate surface area is 200 Å². The van der Waals surface area contributed by atoms with Crippen LogP contribution in [0.25, 0.3) is 0 Å². The highest BCUT2D eigenvalue weighted by Gasteiger charge is 2.62. The van der Waals surface area contributed by atoms with E-state index in [-0.39, 0.29) is 18.3 Å². The molecule has 0 unspecified atom stereocenters. The molecule has 2 fully saturated rings. The first-order valence-electron chi connectivity index (χ1n) is 11.5. The van der Waals surface area contributed by atoms with Gasteiger partial charge < -0.3 is 28.4 Å². The number of rotatable bonds is 10. The Kier molecular flexibility index (Phi) is 6.83. The minimum absolute atomic E-state index is 0.190. The van der Waals surface area contributed by atoms with E-state index in [1.54, 1.807) is 14.2 Å². The number of benzene rings is 3. The van der Waals surface area contributed by atoms with Gasteiger partial charge in [0.05, 0.1) is 40.6 Å². The van der Waals surface area contributed by atoms with Crippen molar-refractivity contribution in [3.05, 3.63) is 95.6 Å². The van der Waals surface area contributed by atoms with Crippen molar-refractivity contribution in [2.24, 2.45) is 0 Å². The normalized spacial score (nSPS) is 25.4. The molecule has 0 aromatic heterocycles. The van der Waals surface area contributed by atoms with Crippen molar-refractivity contribution in [1.82, 2.24) is 0 Å². The van der Waals surface area contributed by atoms with Crippen molar-refractivity contribution in [2.45, 2.75) is 37.1 Å². The largest absolute Gasteiger partial charge is 0.497 e. The molecule has 34 heavy (non-hydrogen) atoms. The van der Waals surface area contributed by atoms with Crippen LogP contribution in [0.2, 0.25) is 0 Å². The average Bonchev–Trinajstić information content (AvgIpc) is 3.40. The second-order valence-corrected chi connectivity index (χ2v) is 8.71. The SMILES string of the molecule is COc1ccc(COC[C@@]23CO[C@@H]([C@H](c4ccccc4)O2)[C@@H]3OCc2ccc(OC)cc2)cc1. The summed E-state index contributed by atoms with van der Waals surface area (Å²) in [6.07, 6.45) is -0.624. The molecule has 2 heterocycles. The Bertz CT molecular complexity index is 1050. The zero-order valence-electron chi connectivity index (χ0n) is 19.5. The van der Waals surface area contributed by atoms with Gasteiger partial charge in [-0.1, -0.05) is 54.6 Å². The second kappa shape index (κ2) is 10.2. The Balaban J connectivity index is 1.30. The lowest BCUT2D eigenvalue weighted by Gasteiger charge is -2.31. The molecule has 0 aliphatic carbocycles. The van der Waals surface area contributed by atoms with E-state index in [1.165, 1.54) is 0 Å². The Hall–Kier alpha value is -2.90. The van der Waals surface area contributed by atoms with Gasteiger partial charge in [-0.3, -0.25) is 0 Å². The third-order valence-corrected chi connectivity index (χ3v) is 6.49. The van der Waals surface area contributed by atoms with E-state index < -0.39 is 5.60 Å². The predicted molar refractivity (Wildman–Crippen MR) is 127 cm³/mol. The van der Waals surface area contributed by atoms with Gasteiger partial charge in [0, 0.05) is 0 Å². The maximum Gasteiger partial charge on any atom is 0.144 e. The van der Waals surface area contributed by atoms with Gasteiger partial charge in [0.15, 0.2) is 0 Å². The highest BCUT2D eigenvalue weighted by Crippen LogP contribution is 2.49. The van der Waals surface area contributed by atoms with Gasteiger partial charge in [0.1, 0.15) is 35.4 Å². The third kappa shape index (κ3) is 4.68. The summed E-state index contributed by atoms with van der Waals surface area (Å²) in [5, 5.41) is 0. The van der Waals surface area contributed by atoms with Crippen LogP contribution in [-0.2, 0) is 32.2 Å². The fourth-order valence-corrected chi connectivity index (χ4v) is 4.65. The maximum atomic E-state index is 6.63. The van der Waals surface area contributed by atoms with Gasteiger partial charge in [-0.15, -0.1) is 0 Å². The fourth-order valence-electron chi connectivity index (χ4n) is 4.65. The molecule has 2 bridgehead atoms. The summed E-state index contributed by atoms with van der Waals surface area (Å²) in [4.78, 5) is 0. The minimum atomic E-state index is -0.663. The zero-order valence-corrected chi connectivity index (χ0v) is 19.5. The van der Waals surface area contributed by atoms with Crippen molar-refractivity contribution in [1.29, 1.82) is 0 Å². The molecule has 2 saturated heterocycles. The molecule has 2 aliphatic rings. The van der Waals surface area contributed by atoms with E-state index >= 15 is 0 Å². The smallest absolute Gasteiger partial charge is 0.144 e. The Morgan fingerprint density at radius 3 is 2.03 bits per heavy atom. The van der Waals surface area contributed by atoms with Crippen molar-refractivity contribution in [3.63, 3.8) is 0 Å². The molecule has 178 valence electrons. The number of methoxy groups -OCH3 is 2. The van der Waals surface area contributed by atoms with Crippen LogP contribution in [0.15, 0.2) is 78.9 Å². The van der Waals surface area contributed by atoms with Crippen LogP contribution in [0.3, 0.4) is 0 Å². The number of hydrogen-bond acceptors (Lipinski definition) is 6. The van der Waals surface area contributed by atoms with Crippen LogP contribution >= 0.6 is 0 Å². The monoisotopic (exact) mass is 462 g/mol. The number of fused-ring (bicyclic) bond motifs is 2. The maximum absolute atomic E-state index is 6.63. The van der Waals surface area contributed by atoms with E-state index in [9.17, 15) is 0 Å². The third-order valence-electron chi connectivity index (χ3n) is 6.49. The molecule has 5 rings (SSSR count). The number of hydrogen-bond donors (Lipinski definition) is 0. The summed E-state index contributed by atoms with van der Waals surface area (Å²) in [5.41, 5.74) is 2.56. The highest BCUT2D eigenvalue weighted by atomic mass is 16.7. The standard InChI is InChI=1S/C28H30O6/c1-29-23-12-8-20(9-13-23)16-31-18-28-19-33-26(25(34-28)22-6-4-3-5-7-22)27(28)32-17-21-10-14-24(30-2)15-11-21/h3-15,25-27H,16-19H2,1-2H3/t25-,26-,27-,28-/m0/s1. The fraction of sp³-hybridized carbons (Fsp3) is 0.357. The lowest BCUT2D eigenvalue weighted by Crippen LogP contribution is -2.46. The molecule has 0 saturated carbocycles. The van der Waals surface area contributed by atoms with Crippen molar-refractivity contribution >= 4 is 0 Å². The highest BCUT2D eigenvalue weighted by molar-refractivity contribution is 5.28. The van der Waals surface area contributed by atoms with E-state index in [4.69, 9.17) is 28.4 Å². The van der Waals surface area contributed by atoms with Crippen molar-refractivity contribution in [3.8, 4) is 11.5 Å². The zero-order chi connectivity index (χ0) is 23.4. The molecule has 0 radical (unpaired) electrons. The van der Waals surface area contributed by atoms with Gasteiger partial charge in [-0.25, -0.2) is 0 Å². The van der Waals surface area contributed by atoms with E-state index in [0.717, 1.165) is 28.2 Å². The minimum Gasteiger partial charge on any atom is -0.497 e. The van der Waals surface area contributed by atoms with Crippen LogP contribution in [0.4, 0.5) is 0 Å². The molecule has 2 aliphatic heterocycles. The molecular weight excluding hydrogens is 432 g/mol. The molecule has 6 heteroatoms. The van der Waals surface area contributed by atoms with Crippen LogP contribution in [0, 0.1) is 0 Å². The van der Waals surface area contributed by atoms with Gasteiger partial charge in [0.25, 0.3) is 0 Å². The summed E-state index contributed by atoms with van der Waals surface area (Å²) in [7, 11) is 3.32. The van der Waals surface area contributed by atoms with Crippen LogP contribution in [-0.4, -0.2) is 45.2 Å². The first-order valence-corrected chi connectivity index (χ1v) is 11.5. The van der Waals surface area contributed by atoms with Crippen LogP contribution < -0.4 is 9.47 Å². The molecule has 6 nitrogen and oxygen atoms in total. The molecule has 0 amide bonds. The molecule has 3 aromatic rings. The Morgan fingerprint density at radius 1 is 0.794 bits per heavy atom. The lowest BCUT2D eigenvalue weighted by molar-refractivity contribution is -0.176. The van der Waals surface area contributed by atoms with Gasteiger partial charge in [-0.2, -0.15) is 0 Å². The molecular formula is C28H30O6. The summed E-state index contributed by atoms with van der Waals surface area (Å²) in [6.45, 7) is 1.75. The van der Waals surface area contributed by atoms with Crippen molar-refractivity contribution in [2.75, 3.05) is 27.4 Å². The first-order chi connectivity index (χ1) is 16.7.